The molecule has 1 aromatic carbocycles. The largest absolute Gasteiger partial charge is 0.325 e. The Morgan fingerprint density at radius 2 is 1.50 bits per heavy atom. The Bertz CT molecular complexity index is 438. The molecule has 0 fully saturated rings. The lowest BCUT2D eigenvalue weighted by atomic mass is 9.80. The highest BCUT2D eigenvalue weighted by atomic mass is 14.7. The molecule has 0 saturated carbocycles. The highest BCUT2D eigenvalue weighted by Gasteiger charge is 2.24. The second-order valence-electron chi connectivity index (χ2n) is 7.93. The maximum atomic E-state index is 6.46. The average molecular weight is 330 g/mol. The third-order valence-electron chi connectivity index (χ3n) is 5.16. The van der Waals surface area contributed by atoms with Gasteiger partial charge in [0.05, 0.1) is 0 Å². The van der Waals surface area contributed by atoms with E-state index in [1.54, 1.807) is 0 Å². The molecule has 0 heterocycles. The van der Waals surface area contributed by atoms with Crippen LogP contribution >= 0.6 is 0 Å². The first kappa shape index (κ1) is 21.0. The number of hydrogen-bond donors (Lipinski definition) is 1. The van der Waals surface area contributed by atoms with Gasteiger partial charge >= 0.3 is 0 Å². The van der Waals surface area contributed by atoms with Crippen molar-refractivity contribution in [3.63, 3.8) is 0 Å². The van der Waals surface area contributed by atoms with Gasteiger partial charge in [0.15, 0.2) is 0 Å². The van der Waals surface area contributed by atoms with Gasteiger partial charge in [-0.05, 0) is 43.7 Å². The van der Waals surface area contributed by atoms with E-state index in [4.69, 9.17) is 5.73 Å². The summed E-state index contributed by atoms with van der Waals surface area (Å²) in [7, 11) is 0. The lowest BCUT2D eigenvalue weighted by molar-refractivity contribution is 0.290. The van der Waals surface area contributed by atoms with E-state index in [0.29, 0.717) is 5.92 Å². The van der Waals surface area contributed by atoms with Gasteiger partial charge in [-0.3, -0.25) is 0 Å². The van der Waals surface area contributed by atoms with Crippen molar-refractivity contribution >= 4 is 6.08 Å². The van der Waals surface area contributed by atoms with Gasteiger partial charge in [0, 0.05) is 5.54 Å². The summed E-state index contributed by atoms with van der Waals surface area (Å²) in [6.07, 6.45) is 15.2. The van der Waals surface area contributed by atoms with Crippen LogP contribution in [0.25, 0.3) is 6.08 Å². The second kappa shape index (κ2) is 11.5. The van der Waals surface area contributed by atoms with Gasteiger partial charge in [-0.1, -0.05) is 95.2 Å². The van der Waals surface area contributed by atoms with Crippen LogP contribution in [0.2, 0.25) is 0 Å². The molecule has 0 aliphatic rings. The summed E-state index contributed by atoms with van der Waals surface area (Å²) in [4.78, 5) is 0. The predicted octanol–water partition coefficient (Wildman–Crippen LogP) is 6.76. The molecule has 0 aliphatic carbocycles. The van der Waals surface area contributed by atoms with Crippen molar-refractivity contribution in [2.75, 3.05) is 0 Å². The summed E-state index contributed by atoms with van der Waals surface area (Å²) >= 11 is 0. The van der Waals surface area contributed by atoms with E-state index in [9.17, 15) is 0 Å². The molecule has 0 radical (unpaired) electrons. The topological polar surface area (TPSA) is 26.0 Å². The number of benzene rings is 1. The maximum Gasteiger partial charge on any atom is 0.0129 e. The van der Waals surface area contributed by atoms with Crippen LogP contribution in [0.5, 0.6) is 0 Å². The van der Waals surface area contributed by atoms with E-state index in [0.717, 1.165) is 6.42 Å². The fourth-order valence-corrected chi connectivity index (χ4v) is 3.34. The van der Waals surface area contributed by atoms with Crippen molar-refractivity contribution in [1.82, 2.24) is 0 Å². The van der Waals surface area contributed by atoms with Crippen molar-refractivity contribution in [3.8, 4) is 0 Å². The van der Waals surface area contributed by atoms with Crippen LogP contribution in [0.1, 0.15) is 89.7 Å². The summed E-state index contributed by atoms with van der Waals surface area (Å²) in [6, 6.07) is 8.76. The molecule has 0 amide bonds. The lowest BCUT2D eigenvalue weighted by Crippen LogP contribution is -2.42. The van der Waals surface area contributed by atoms with Crippen molar-refractivity contribution in [2.24, 2.45) is 11.7 Å². The average Bonchev–Trinajstić information content (AvgIpc) is 2.55. The minimum atomic E-state index is -0.113. The molecular formula is C23H39N. The van der Waals surface area contributed by atoms with Gasteiger partial charge in [0.25, 0.3) is 0 Å². The second-order valence-corrected chi connectivity index (χ2v) is 7.93. The molecule has 1 unspecified atom stereocenters. The van der Waals surface area contributed by atoms with Crippen LogP contribution in [0.4, 0.5) is 0 Å². The molecule has 0 saturated heterocycles. The molecule has 1 atom stereocenters. The van der Waals surface area contributed by atoms with Crippen LogP contribution in [0, 0.1) is 5.92 Å². The first-order chi connectivity index (χ1) is 11.5. The van der Waals surface area contributed by atoms with E-state index >= 15 is 0 Å². The predicted molar refractivity (Wildman–Crippen MR) is 109 cm³/mol. The van der Waals surface area contributed by atoms with Gasteiger partial charge in [-0.15, -0.1) is 0 Å². The van der Waals surface area contributed by atoms with E-state index in [2.05, 4.69) is 51.6 Å². The molecule has 136 valence electrons. The molecule has 0 spiro atoms. The van der Waals surface area contributed by atoms with Crippen LogP contribution in [0.15, 0.2) is 30.8 Å². The molecule has 24 heavy (non-hydrogen) atoms. The van der Waals surface area contributed by atoms with Crippen LogP contribution in [0.3, 0.4) is 0 Å². The van der Waals surface area contributed by atoms with Crippen molar-refractivity contribution in [3.05, 3.63) is 42.0 Å². The minimum absolute atomic E-state index is 0.113. The summed E-state index contributed by atoms with van der Waals surface area (Å²) < 4.78 is 0. The molecule has 0 bridgehead atoms. The Labute approximate surface area is 150 Å². The Morgan fingerprint density at radius 1 is 0.958 bits per heavy atom. The van der Waals surface area contributed by atoms with Gasteiger partial charge in [0.1, 0.15) is 0 Å². The maximum absolute atomic E-state index is 6.46. The third kappa shape index (κ3) is 8.68. The Kier molecular flexibility index (Phi) is 10.0. The highest BCUT2D eigenvalue weighted by molar-refractivity contribution is 5.47. The fourth-order valence-electron chi connectivity index (χ4n) is 3.34. The molecule has 1 rings (SSSR count). The standard InChI is InChI=1S/C23H39N/c1-5-7-8-9-10-11-12-13-14-22(23(3,4)24)19-21-17-15-20(6-2)16-18-21/h6,15-18,22H,2,5,7-14,19,24H2,1,3-4H3. The summed E-state index contributed by atoms with van der Waals surface area (Å²) in [5, 5.41) is 0. The van der Waals surface area contributed by atoms with Crippen LogP contribution in [-0.4, -0.2) is 5.54 Å². The number of rotatable bonds is 13. The van der Waals surface area contributed by atoms with Gasteiger partial charge in [-0.2, -0.15) is 0 Å². The number of nitrogens with two attached hydrogens (primary N) is 1. The normalized spacial score (nSPS) is 13.0. The van der Waals surface area contributed by atoms with E-state index < -0.39 is 0 Å². The zero-order valence-electron chi connectivity index (χ0n) is 16.3. The zero-order chi connectivity index (χ0) is 17.8. The first-order valence-corrected chi connectivity index (χ1v) is 9.97. The fraction of sp³-hybridized carbons (Fsp3) is 0.652. The van der Waals surface area contributed by atoms with E-state index in [-0.39, 0.29) is 5.54 Å². The van der Waals surface area contributed by atoms with Crippen molar-refractivity contribution in [2.45, 2.75) is 90.5 Å². The number of hydrogen-bond acceptors (Lipinski definition) is 1. The van der Waals surface area contributed by atoms with Gasteiger partial charge in [-0.25, -0.2) is 0 Å². The highest BCUT2D eigenvalue weighted by Crippen LogP contribution is 2.26. The quantitative estimate of drug-likeness (QED) is 0.398. The first-order valence-electron chi connectivity index (χ1n) is 9.97. The van der Waals surface area contributed by atoms with Crippen molar-refractivity contribution in [1.29, 1.82) is 0 Å². The Morgan fingerprint density at radius 3 is 2.00 bits per heavy atom. The SMILES string of the molecule is C=Cc1ccc(CC(CCCCCCCCCC)C(C)(C)N)cc1. The van der Waals surface area contributed by atoms with E-state index in [1.807, 2.05) is 6.08 Å². The monoisotopic (exact) mass is 329 g/mol. The smallest absolute Gasteiger partial charge is 0.0129 e. The summed E-state index contributed by atoms with van der Waals surface area (Å²) in [5.74, 6) is 0.548. The summed E-state index contributed by atoms with van der Waals surface area (Å²) in [6.45, 7) is 10.5. The molecular weight excluding hydrogens is 290 g/mol. The number of unbranched alkanes of at least 4 members (excludes halogenated alkanes) is 7. The minimum Gasteiger partial charge on any atom is -0.325 e. The molecule has 0 aromatic heterocycles. The Hall–Kier alpha value is -1.08. The van der Waals surface area contributed by atoms with Gasteiger partial charge < -0.3 is 5.73 Å². The van der Waals surface area contributed by atoms with Crippen molar-refractivity contribution < 1.29 is 0 Å². The Balaban J connectivity index is 2.36. The molecule has 1 nitrogen and oxygen atoms in total. The lowest BCUT2D eigenvalue weighted by Gasteiger charge is -2.31. The molecule has 0 aliphatic heterocycles. The van der Waals surface area contributed by atoms with Crippen LogP contribution in [-0.2, 0) is 6.42 Å². The molecule has 1 aromatic rings. The third-order valence-corrected chi connectivity index (χ3v) is 5.16. The van der Waals surface area contributed by atoms with Gasteiger partial charge in [0.2, 0.25) is 0 Å². The molecule has 1 heteroatoms. The van der Waals surface area contributed by atoms with Crippen LogP contribution < -0.4 is 5.73 Å². The van der Waals surface area contributed by atoms with E-state index in [1.165, 1.54) is 68.9 Å². The molecule has 2 N–H and O–H groups in total. The zero-order valence-corrected chi connectivity index (χ0v) is 16.3. The summed E-state index contributed by atoms with van der Waals surface area (Å²) in [5.41, 5.74) is 8.93.